The van der Waals surface area contributed by atoms with Gasteiger partial charge in [0.25, 0.3) is 0 Å². The Labute approximate surface area is 92.5 Å². The molecule has 1 fully saturated rings. The highest BCUT2D eigenvalue weighted by Gasteiger charge is 2.29. The Balaban J connectivity index is 2.32. The van der Waals surface area contributed by atoms with Crippen LogP contribution in [0.25, 0.3) is 0 Å². The van der Waals surface area contributed by atoms with E-state index >= 15 is 0 Å². The summed E-state index contributed by atoms with van der Waals surface area (Å²) in [7, 11) is 0. The third kappa shape index (κ3) is 3.38. The zero-order chi connectivity index (χ0) is 11.3. The molecule has 88 valence electrons. The summed E-state index contributed by atoms with van der Waals surface area (Å²) in [6.45, 7) is 8.86. The van der Waals surface area contributed by atoms with Crippen molar-refractivity contribution in [1.82, 2.24) is 4.90 Å². The summed E-state index contributed by atoms with van der Waals surface area (Å²) in [5.74, 6) is 0.681. The molecule has 0 aromatic carbocycles. The van der Waals surface area contributed by atoms with Gasteiger partial charge in [-0.25, -0.2) is 4.99 Å². The molecule has 0 aliphatic heterocycles. The summed E-state index contributed by atoms with van der Waals surface area (Å²) in [5.41, 5.74) is 5.90. The maximum Gasteiger partial charge on any atom is 0.191 e. The first-order chi connectivity index (χ1) is 7.21. The molecule has 1 saturated carbocycles. The molecule has 1 rings (SSSR count). The van der Waals surface area contributed by atoms with Crippen LogP contribution in [0.4, 0.5) is 0 Å². The molecular weight excluding hydrogens is 190 g/mol. The minimum Gasteiger partial charge on any atom is -0.378 e. The van der Waals surface area contributed by atoms with E-state index < -0.39 is 0 Å². The summed E-state index contributed by atoms with van der Waals surface area (Å²) in [5, 5.41) is 0. The van der Waals surface area contributed by atoms with E-state index in [9.17, 15) is 0 Å². The Kier molecular flexibility index (Phi) is 4.88. The van der Waals surface area contributed by atoms with Crippen LogP contribution in [-0.4, -0.2) is 42.7 Å². The van der Waals surface area contributed by atoms with Crippen LogP contribution >= 0.6 is 0 Å². The van der Waals surface area contributed by atoms with Crippen molar-refractivity contribution in [1.29, 1.82) is 0 Å². The third-order valence-corrected chi connectivity index (χ3v) is 2.87. The number of nitrogens with zero attached hydrogens (tertiary/aromatic N) is 2. The maximum atomic E-state index is 5.90. The van der Waals surface area contributed by atoms with Gasteiger partial charge in [-0.2, -0.15) is 0 Å². The second kappa shape index (κ2) is 5.95. The van der Waals surface area contributed by atoms with Gasteiger partial charge in [-0.1, -0.05) is 0 Å². The number of rotatable bonds is 5. The van der Waals surface area contributed by atoms with Crippen LogP contribution in [0.1, 0.15) is 33.6 Å². The zero-order valence-electron chi connectivity index (χ0n) is 10.1. The highest BCUT2D eigenvalue weighted by atomic mass is 16.5. The largest absolute Gasteiger partial charge is 0.378 e. The first-order valence-electron chi connectivity index (χ1n) is 5.91. The Morgan fingerprint density at radius 1 is 1.33 bits per heavy atom. The highest BCUT2D eigenvalue weighted by Crippen LogP contribution is 2.26. The maximum absolute atomic E-state index is 5.90. The van der Waals surface area contributed by atoms with Crippen molar-refractivity contribution in [2.24, 2.45) is 10.7 Å². The SMILES string of the molecule is CCOC1CC(N=C(N)N(CC)CC)C1. The summed E-state index contributed by atoms with van der Waals surface area (Å²) < 4.78 is 5.48. The molecule has 0 saturated heterocycles. The monoisotopic (exact) mass is 213 g/mol. The highest BCUT2D eigenvalue weighted by molar-refractivity contribution is 5.78. The van der Waals surface area contributed by atoms with E-state index in [0.29, 0.717) is 18.1 Å². The molecule has 0 amide bonds. The van der Waals surface area contributed by atoms with Gasteiger partial charge in [-0.15, -0.1) is 0 Å². The lowest BCUT2D eigenvalue weighted by Crippen LogP contribution is -2.41. The number of guanidine groups is 1. The van der Waals surface area contributed by atoms with Gasteiger partial charge in [-0.3, -0.25) is 0 Å². The molecule has 4 heteroatoms. The van der Waals surface area contributed by atoms with Crippen molar-refractivity contribution in [3.05, 3.63) is 0 Å². The Hall–Kier alpha value is -0.770. The first-order valence-corrected chi connectivity index (χ1v) is 5.91. The molecule has 0 bridgehead atoms. The van der Waals surface area contributed by atoms with Gasteiger partial charge in [-0.05, 0) is 33.6 Å². The smallest absolute Gasteiger partial charge is 0.191 e. The van der Waals surface area contributed by atoms with Crippen molar-refractivity contribution in [2.45, 2.75) is 45.8 Å². The number of hydrogen-bond acceptors (Lipinski definition) is 2. The van der Waals surface area contributed by atoms with E-state index in [1.807, 2.05) is 6.92 Å². The molecule has 0 atom stereocenters. The molecule has 1 aliphatic rings. The van der Waals surface area contributed by atoms with E-state index in [1.54, 1.807) is 0 Å². The number of hydrogen-bond donors (Lipinski definition) is 1. The Morgan fingerprint density at radius 3 is 2.40 bits per heavy atom. The van der Waals surface area contributed by atoms with E-state index in [1.165, 1.54) is 0 Å². The van der Waals surface area contributed by atoms with Crippen LogP contribution in [0.5, 0.6) is 0 Å². The zero-order valence-corrected chi connectivity index (χ0v) is 10.1. The van der Waals surface area contributed by atoms with Gasteiger partial charge < -0.3 is 15.4 Å². The first kappa shape index (κ1) is 12.3. The van der Waals surface area contributed by atoms with E-state index in [0.717, 1.165) is 32.5 Å². The second-order valence-electron chi connectivity index (χ2n) is 3.86. The van der Waals surface area contributed by atoms with Crippen molar-refractivity contribution >= 4 is 5.96 Å². The Morgan fingerprint density at radius 2 is 1.93 bits per heavy atom. The second-order valence-corrected chi connectivity index (χ2v) is 3.86. The predicted octanol–water partition coefficient (Wildman–Crippen LogP) is 1.21. The van der Waals surface area contributed by atoms with Crippen LogP contribution < -0.4 is 5.73 Å². The molecule has 2 N–H and O–H groups in total. The number of ether oxygens (including phenoxy) is 1. The molecule has 4 nitrogen and oxygen atoms in total. The third-order valence-electron chi connectivity index (χ3n) is 2.87. The molecule has 0 heterocycles. The summed E-state index contributed by atoms with van der Waals surface area (Å²) >= 11 is 0. The van der Waals surface area contributed by atoms with Gasteiger partial charge in [0, 0.05) is 19.7 Å². The van der Waals surface area contributed by atoms with Crippen LogP contribution in [0.2, 0.25) is 0 Å². The van der Waals surface area contributed by atoms with Crippen LogP contribution in [-0.2, 0) is 4.74 Å². The normalized spacial score (nSPS) is 26.2. The summed E-state index contributed by atoms with van der Waals surface area (Å²) in [6.07, 6.45) is 2.46. The molecule has 0 spiro atoms. The van der Waals surface area contributed by atoms with E-state index in [4.69, 9.17) is 10.5 Å². The van der Waals surface area contributed by atoms with Crippen molar-refractivity contribution in [2.75, 3.05) is 19.7 Å². The van der Waals surface area contributed by atoms with Gasteiger partial charge in [0.1, 0.15) is 0 Å². The van der Waals surface area contributed by atoms with E-state index in [2.05, 4.69) is 23.7 Å². The quantitative estimate of drug-likeness (QED) is 0.551. The van der Waals surface area contributed by atoms with Crippen LogP contribution in [0.15, 0.2) is 4.99 Å². The lowest BCUT2D eigenvalue weighted by molar-refractivity contribution is -0.000934. The molecule has 1 aliphatic carbocycles. The summed E-state index contributed by atoms with van der Waals surface area (Å²) in [6, 6.07) is 0.377. The Bertz CT molecular complexity index is 208. The van der Waals surface area contributed by atoms with Crippen LogP contribution in [0.3, 0.4) is 0 Å². The fourth-order valence-corrected chi connectivity index (χ4v) is 1.83. The molecular formula is C11H23N3O. The van der Waals surface area contributed by atoms with E-state index in [-0.39, 0.29) is 0 Å². The average molecular weight is 213 g/mol. The minimum absolute atomic E-state index is 0.377. The molecule has 15 heavy (non-hydrogen) atoms. The van der Waals surface area contributed by atoms with Gasteiger partial charge >= 0.3 is 0 Å². The lowest BCUT2D eigenvalue weighted by Gasteiger charge is -2.33. The average Bonchev–Trinajstić information content (AvgIpc) is 2.16. The topological polar surface area (TPSA) is 50.9 Å². The number of nitrogens with two attached hydrogens (primary N) is 1. The summed E-state index contributed by atoms with van der Waals surface area (Å²) in [4.78, 5) is 6.57. The van der Waals surface area contributed by atoms with Crippen LogP contribution in [0, 0.1) is 0 Å². The molecule has 0 aromatic rings. The van der Waals surface area contributed by atoms with Gasteiger partial charge in [0.2, 0.25) is 0 Å². The fourth-order valence-electron chi connectivity index (χ4n) is 1.83. The lowest BCUT2D eigenvalue weighted by atomic mass is 9.90. The molecule has 0 radical (unpaired) electrons. The molecule has 0 unspecified atom stereocenters. The number of aliphatic imine (C=N–C) groups is 1. The van der Waals surface area contributed by atoms with Crippen molar-refractivity contribution in [3.63, 3.8) is 0 Å². The van der Waals surface area contributed by atoms with Crippen molar-refractivity contribution < 1.29 is 4.74 Å². The standard InChI is InChI=1S/C11H23N3O/c1-4-14(5-2)11(12)13-9-7-10(8-9)15-6-3/h9-10H,4-8H2,1-3H3,(H2,12,13). The van der Waals surface area contributed by atoms with Crippen molar-refractivity contribution in [3.8, 4) is 0 Å². The predicted molar refractivity (Wildman–Crippen MR) is 63.0 cm³/mol. The minimum atomic E-state index is 0.377. The van der Waals surface area contributed by atoms with Gasteiger partial charge in [0.15, 0.2) is 5.96 Å². The fraction of sp³-hybridized carbons (Fsp3) is 0.909. The van der Waals surface area contributed by atoms with Gasteiger partial charge in [0.05, 0.1) is 12.1 Å². The molecule has 0 aromatic heterocycles.